The minimum absolute atomic E-state index is 0.169. The third-order valence-corrected chi connectivity index (χ3v) is 3.38. The van der Waals surface area contributed by atoms with E-state index >= 15 is 0 Å². The van der Waals surface area contributed by atoms with Gasteiger partial charge in [0.05, 0.1) is 5.54 Å². The average molecular weight is 218 g/mol. The van der Waals surface area contributed by atoms with Crippen LogP contribution in [0.4, 0.5) is 0 Å². The number of likely N-dealkylation sites (tertiary alicyclic amines) is 1. The van der Waals surface area contributed by atoms with Gasteiger partial charge in [0, 0.05) is 18.0 Å². The average Bonchev–Trinajstić information content (AvgIpc) is 2.83. The molecule has 0 radical (unpaired) electrons. The van der Waals surface area contributed by atoms with E-state index in [0.717, 1.165) is 13.1 Å². The molecule has 2 heterocycles. The Balaban J connectivity index is 2.20. The van der Waals surface area contributed by atoms with Crippen molar-refractivity contribution in [3.63, 3.8) is 0 Å². The molecule has 0 aliphatic carbocycles. The summed E-state index contributed by atoms with van der Waals surface area (Å²) in [4.78, 5) is 18.6. The minimum Gasteiger partial charge on any atom is -0.292 e. The largest absolute Gasteiger partial charge is 0.292 e. The van der Waals surface area contributed by atoms with Crippen molar-refractivity contribution in [2.45, 2.75) is 32.2 Å². The first-order valence-corrected chi connectivity index (χ1v) is 5.82. The number of carbonyl (C=O) groups excluding carboxylic acids is 1. The molecule has 2 rings (SSSR count). The SMILES string of the molecule is CC(C)(C(=O)c1cccnc1)N1CCCC1. The Kier molecular flexibility index (Phi) is 3.06. The van der Waals surface area contributed by atoms with Crippen molar-refractivity contribution in [3.8, 4) is 0 Å². The normalized spacial score (nSPS) is 17.6. The van der Waals surface area contributed by atoms with E-state index in [1.165, 1.54) is 12.8 Å². The second-order valence-electron chi connectivity index (χ2n) is 4.82. The highest BCUT2D eigenvalue weighted by Crippen LogP contribution is 2.24. The topological polar surface area (TPSA) is 33.2 Å². The van der Waals surface area contributed by atoms with Crippen LogP contribution in [0.3, 0.4) is 0 Å². The number of nitrogens with zero attached hydrogens (tertiary/aromatic N) is 2. The predicted octanol–water partition coefficient (Wildman–Crippen LogP) is 2.14. The molecule has 0 saturated carbocycles. The Morgan fingerprint density at radius 3 is 2.62 bits per heavy atom. The van der Waals surface area contributed by atoms with Crippen LogP contribution in [0.15, 0.2) is 24.5 Å². The summed E-state index contributed by atoms with van der Waals surface area (Å²) in [5, 5.41) is 0. The molecule has 0 aromatic carbocycles. The predicted molar refractivity (Wildman–Crippen MR) is 63.5 cm³/mol. The van der Waals surface area contributed by atoms with Gasteiger partial charge in [-0.2, -0.15) is 0 Å². The molecular formula is C13H18N2O. The van der Waals surface area contributed by atoms with E-state index in [1.54, 1.807) is 12.4 Å². The van der Waals surface area contributed by atoms with Crippen LogP contribution in [0.2, 0.25) is 0 Å². The number of hydrogen-bond donors (Lipinski definition) is 0. The Morgan fingerprint density at radius 2 is 2.06 bits per heavy atom. The molecule has 1 saturated heterocycles. The summed E-state index contributed by atoms with van der Waals surface area (Å²) in [7, 11) is 0. The van der Waals surface area contributed by atoms with Crippen LogP contribution in [0.25, 0.3) is 0 Å². The fraction of sp³-hybridized carbons (Fsp3) is 0.538. The molecule has 16 heavy (non-hydrogen) atoms. The van der Waals surface area contributed by atoms with E-state index in [9.17, 15) is 4.79 Å². The van der Waals surface area contributed by atoms with E-state index in [2.05, 4.69) is 9.88 Å². The summed E-state index contributed by atoms with van der Waals surface area (Å²) in [6.45, 7) is 6.07. The summed E-state index contributed by atoms with van der Waals surface area (Å²) in [5.41, 5.74) is 0.305. The smallest absolute Gasteiger partial charge is 0.184 e. The van der Waals surface area contributed by atoms with Gasteiger partial charge in [0.1, 0.15) is 0 Å². The molecule has 1 aliphatic heterocycles. The standard InChI is InChI=1S/C13H18N2O/c1-13(2,15-8-3-4-9-15)12(16)11-6-5-7-14-10-11/h5-7,10H,3-4,8-9H2,1-2H3. The second kappa shape index (κ2) is 4.34. The van der Waals surface area contributed by atoms with Crippen molar-refractivity contribution >= 4 is 5.78 Å². The van der Waals surface area contributed by atoms with Gasteiger partial charge in [0.25, 0.3) is 0 Å². The molecule has 0 unspecified atom stereocenters. The number of aromatic nitrogens is 1. The van der Waals surface area contributed by atoms with Gasteiger partial charge in [-0.15, -0.1) is 0 Å². The Bertz CT molecular complexity index is 367. The Morgan fingerprint density at radius 1 is 1.38 bits per heavy atom. The van der Waals surface area contributed by atoms with E-state index in [-0.39, 0.29) is 5.78 Å². The lowest BCUT2D eigenvalue weighted by molar-refractivity contribution is 0.0702. The fourth-order valence-electron chi connectivity index (χ4n) is 2.27. The van der Waals surface area contributed by atoms with Crippen LogP contribution in [0, 0.1) is 0 Å². The summed E-state index contributed by atoms with van der Waals surface area (Å²) >= 11 is 0. The van der Waals surface area contributed by atoms with Crippen LogP contribution >= 0.6 is 0 Å². The molecule has 0 N–H and O–H groups in total. The first-order chi connectivity index (χ1) is 7.62. The molecule has 1 aromatic heterocycles. The summed E-state index contributed by atoms with van der Waals surface area (Å²) in [6, 6.07) is 3.65. The van der Waals surface area contributed by atoms with E-state index in [0.29, 0.717) is 5.56 Å². The minimum atomic E-state index is -0.403. The number of ketones is 1. The summed E-state index contributed by atoms with van der Waals surface area (Å²) in [6.07, 6.45) is 5.74. The number of pyridine rings is 1. The highest BCUT2D eigenvalue weighted by molar-refractivity contribution is 6.02. The molecule has 0 atom stereocenters. The lowest BCUT2D eigenvalue weighted by atomic mass is 9.92. The number of hydrogen-bond acceptors (Lipinski definition) is 3. The molecule has 1 aliphatic rings. The molecular weight excluding hydrogens is 200 g/mol. The third-order valence-electron chi connectivity index (χ3n) is 3.38. The van der Waals surface area contributed by atoms with Crippen LogP contribution in [-0.2, 0) is 0 Å². The van der Waals surface area contributed by atoms with Gasteiger partial charge in [-0.05, 0) is 51.9 Å². The summed E-state index contributed by atoms with van der Waals surface area (Å²) in [5.74, 6) is 0.169. The van der Waals surface area contributed by atoms with Gasteiger partial charge in [-0.25, -0.2) is 0 Å². The zero-order chi connectivity index (χ0) is 11.6. The molecule has 1 aromatic rings. The van der Waals surface area contributed by atoms with Crippen LogP contribution in [-0.4, -0.2) is 34.3 Å². The fourth-order valence-corrected chi connectivity index (χ4v) is 2.27. The van der Waals surface area contributed by atoms with Crippen molar-refractivity contribution < 1.29 is 4.79 Å². The molecule has 86 valence electrons. The number of carbonyl (C=O) groups is 1. The summed E-state index contributed by atoms with van der Waals surface area (Å²) < 4.78 is 0. The molecule has 0 bridgehead atoms. The lowest BCUT2D eigenvalue weighted by Gasteiger charge is -2.33. The quantitative estimate of drug-likeness (QED) is 0.729. The van der Waals surface area contributed by atoms with E-state index in [4.69, 9.17) is 0 Å². The van der Waals surface area contributed by atoms with Gasteiger partial charge < -0.3 is 0 Å². The zero-order valence-electron chi connectivity index (χ0n) is 9.94. The zero-order valence-corrected chi connectivity index (χ0v) is 9.94. The van der Waals surface area contributed by atoms with Gasteiger partial charge in [-0.1, -0.05) is 0 Å². The van der Waals surface area contributed by atoms with Crippen molar-refractivity contribution in [2.24, 2.45) is 0 Å². The van der Waals surface area contributed by atoms with Crippen molar-refractivity contribution in [3.05, 3.63) is 30.1 Å². The van der Waals surface area contributed by atoms with E-state index < -0.39 is 5.54 Å². The molecule has 0 spiro atoms. The maximum Gasteiger partial charge on any atom is 0.184 e. The molecule has 3 heteroatoms. The Hall–Kier alpha value is -1.22. The van der Waals surface area contributed by atoms with Gasteiger partial charge >= 0.3 is 0 Å². The van der Waals surface area contributed by atoms with Crippen LogP contribution in [0.5, 0.6) is 0 Å². The van der Waals surface area contributed by atoms with E-state index in [1.807, 2.05) is 26.0 Å². The number of rotatable bonds is 3. The van der Waals surface area contributed by atoms with Crippen LogP contribution in [0.1, 0.15) is 37.0 Å². The second-order valence-corrected chi connectivity index (χ2v) is 4.82. The monoisotopic (exact) mass is 218 g/mol. The van der Waals surface area contributed by atoms with Gasteiger partial charge in [-0.3, -0.25) is 14.7 Å². The van der Waals surface area contributed by atoms with Gasteiger partial charge in [0.15, 0.2) is 5.78 Å². The van der Waals surface area contributed by atoms with Crippen molar-refractivity contribution in [1.82, 2.24) is 9.88 Å². The van der Waals surface area contributed by atoms with Crippen LogP contribution < -0.4 is 0 Å². The first-order valence-electron chi connectivity index (χ1n) is 5.82. The molecule has 3 nitrogen and oxygen atoms in total. The van der Waals surface area contributed by atoms with Crippen molar-refractivity contribution in [2.75, 3.05) is 13.1 Å². The third kappa shape index (κ3) is 2.00. The maximum absolute atomic E-state index is 12.4. The number of Topliss-reactive ketones (excluding diaryl/α,β-unsaturated/α-hetero) is 1. The van der Waals surface area contributed by atoms with Gasteiger partial charge in [0.2, 0.25) is 0 Å². The Labute approximate surface area is 96.5 Å². The lowest BCUT2D eigenvalue weighted by Crippen LogP contribution is -2.48. The molecule has 1 fully saturated rings. The van der Waals surface area contributed by atoms with Crippen molar-refractivity contribution in [1.29, 1.82) is 0 Å². The molecule has 0 amide bonds. The maximum atomic E-state index is 12.4. The first kappa shape index (κ1) is 11.3. The highest BCUT2D eigenvalue weighted by Gasteiger charge is 2.36. The highest BCUT2D eigenvalue weighted by atomic mass is 16.1.